The monoisotopic (exact) mass is 302 g/mol. The van der Waals surface area contributed by atoms with E-state index in [2.05, 4.69) is 36.5 Å². The maximum Gasteiger partial charge on any atom is 0.224 e. The summed E-state index contributed by atoms with van der Waals surface area (Å²) in [5.74, 6) is 0.0337. The molecule has 4 heteroatoms. The highest BCUT2D eigenvalue weighted by atomic mass is 32.1. The zero-order chi connectivity index (χ0) is 15.5. The number of aryl methyl sites for hydroxylation is 2. The van der Waals surface area contributed by atoms with Crippen molar-refractivity contribution in [2.24, 2.45) is 0 Å². The number of carbonyl (C=O) groups excluding carboxylic acids is 1. The molecule has 0 fully saturated rings. The van der Waals surface area contributed by atoms with Gasteiger partial charge in [0.15, 0.2) is 0 Å². The van der Waals surface area contributed by atoms with Crippen molar-refractivity contribution >= 4 is 22.9 Å². The van der Waals surface area contributed by atoms with Crippen molar-refractivity contribution in [1.82, 2.24) is 4.98 Å². The van der Waals surface area contributed by atoms with E-state index < -0.39 is 0 Å². The van der Waals surface area contributed by atoms with Crippen LogP contribution in [0.15, 0.2) is 29.6 Å². The first kappa shape index (κ1) is 15.7. The second kappa shape index (κ2) is 6.39. The summed E-state index contributed by atoms with van der Waals surface area (Å²) in [6, 6.07) is 7.83. The zero-order valence-corrected chi connectivity index (χ0v) is 13.9. The fourth-order valence-corrected chi connectivity index (χ4v) is 2.88. The van der Waals surface area contributed by atoms with Crippen LogP contribution in [0.5, 0.6) is 0 Å². The molecule has 112 valence electrons. The van der Waals surface area contributed by atoms with Gasteiger partial charge in [-0.3, -0.25) is 4.79 Å². The van der Waals surface area contributed by atoms with E-state index in [-0.39, 0.29) is 11.3 Å². The molecule has 1 heterocycles. The molecule has 1 aromatic carbocycles. The van der Waals surface area contributed by atoms with Gasteiger partial charge in [0.2, 0.25) is 5.91 Å². The third-order valence-corrected chi connectivity index (χ3v) is 4.13. The van der Waals surface area contributed by atoms with Gasteiger partial charge in [-0.1, -0.05) is 38.5 Å². The minimum absolute atomic E-state index is 0.0337. The Morgan fingerprint density at radius 1 is 1.24 bits per heavy atom. The van der Waals surface area contributed by atoms with Crippen molar-refractivity contribution in [2.75, 3.05) is 5.32 Å². The molecule has 0 aliphatic carbocycles. The third-order valence-electron chi connectivity index (χ3n) is 3.22. The van der Waals surface area contributed by atoms with Crippen LogP contribution in [0, 0.1) is 6.92 Å². The highest BCUT2D eigenvalue weighted by Gasteiger charge is 2.17. The van der Waals surface area contributed by atoms with E-state index in [1.165, 1.54) is 5.56 Å². The van der Waals surface area contributed by atoms with Crippen molar-refractivity contribution in [3.8, 4) is 0 Å². The highest BCUT2D eigenvalue weighted by molar-refractivity contribution is 7.09. The maximum absolute atomic E-state index is 11.9. The third kappa shape index (κ3) is 4.67. The maximum atomic E-state index is 11.9. The summed E-state index contributed by atoms with van der Waals surface area (Å²) in [5.41, 5.74) is 3.20. The predicted molar refractivity (Wildman–Crippen MR) is 88.9 cm³/mol. The fraction of sp³-hybridized carbons (Fsp3) is 0.412. The number of rotatable bonds is 4. The molecule has 0 saturated heterocycles. The Hall–Kier alpha value is -1.68. The largest absolute Gasteiger partial charge is 0.326 e. The Morgan fingerprint density at radius 3 is 2.48 bits per heavy atom. The van der Waals surface area contributed by atoms with E-state index in [1.807, 2.05) is 31.2 Å². The van der Waals surface area contributed by atoms with Gasteiger partial charge in [-0.15, -0.1) is 11.3 Å². The Labute approximate surface area is 130 Å². The smallest absolute Gasteiger partial charge is 0.224 e. The van der Waals surface area contributed by atoms with Crippen LogP contribution in [0.3, 0.4) is 0 Å². The summed E-state index contributed by atoms with van der Waals surface area (Å²) in [5, 5.41) is 6.03. The van der Waals surface area contributed by atoms with Crippen LogP contribution in [0.1, 0.15) is 43.5 Å². The lowest BCUT2D eigenvalue weighted by atomic mass is 9.93. The molecule has 0 aliphatic heterocycles. The number of hydrogen-bond donors (Lipinski definition) is 1. The molecule has 0 bridgehead atoms. The van der Waals surface area contributed by atoms with Gasteiger partial charge in [0.25, 0.3) is 0 Å². The molecule has 21 heavy (non-hydrogen) atoms. The molecule has 2 rings (SSSR count). The number of carbonyl (C=O) groups is 1. The number of thiazole rings is 1. The van der Waals surface area contributed by atoms with Crippen molar-refractivity contribution in [2.45, 2.75) is 46.0 Å². The van der Waals surface area contributed by atoms with Gasteiger partial charge in [-0.25, -0.2) is 4.98 Å². The SMILES string of the molecule is Cc1ccc(NC(=O)CCc2nc(C(C)(C)C)cs2)cc1. The highest BCUT2D eigenvalue weighted by Crippen LogP contribution is 2.24. The van der Waals surface area contributed by atoms with Crippen LogP contribution in [-0.2, 0) is 16.6 Å². The van der Waals surface area contributed by atoms with Gasteiger partial charge >= 0.3 is 0 Å². The van der Waals surface area contributed by atoms with Crippen LogP contribution >= 0.6 is 11.3 Å². The lowest BCUT2D eigenvalue weighted by Gasteiger charge is -2.14. The number of nitrogens with zero attached hydrogens (tertiary/aromatic N) is 1. The van der Waals surface area contributed by atoms with Gasteiger partial charge in [0.05, 0.1) is 10.7 Å². The van der Waals surface area contributed by atoms with Crippen molar-refractivity contribution in [3.05, 3.63) is 45.9 Å². The lowest BCUT2D eigenvalue weighted by Crippen LogP contribution is -2.13. The first-order valence-corrected chi connectivity index (χ1v) is 8.04. The average molecular weight is 302 g/mol. The van der Waals surface area contributed by atoms with Crippen LogP contribution in [0.25, 0.3) is 0 Å². The second-order valence-electron chi connectivity index (χ2n) is 6.29. The number of benzene rings is 1. The van der Waals surface area contributed by atoms with Gasteiger partial charge < -0.3 is 5.32 Å². The summed E-state index contributed by atoms with van der Waals surface area (Å²) in [4.78, 5) is 16.6. The van der Waals surface area contributed by atoms with Gasteiger partial charge in [-0.2, -0.15) is 0 Å². The molecule has 1 aromatic heterocycles. The van der Waals surface area contributed by atoms with Gasteiger partial charge in [-0.05, 0) is 19.1 Å². The summed E-state index contributed by atoms with van der Waals surface area (Å²) in [6.45, 7) is 8.47. The molecule has 3 nitrogen and oxygen atoms in total. The molecule has 0 saturated carbocycles. The Bertz CT molecular complexity index is 608. The molecule has 1 amide bonds. The molecule has 0 spiro atoms. The van der Waals surface area contributed by atoms with E-state index in [0.29, 0.717) is 12.8 Å². The van der Waals surface area contributed by atoms with E-state index >= 15 is 0 Å². The summed E-state index contributed by atoms with van der Waals surface area (Å²) in [7, 11) is 0. The van der Waals surface area contributed by atoms with E-state index in [4.69, 9.17) is 0 Å². The molecule has 1 N–H and O–H groups in total. The molecular weight excluding hydrogens is 280 g/mol. The van der Waals surface area contributed by atoms with Crippen LogP contribution in [0.4, 0.5) is 5.69 Å². The van der Waals surface area contributed by atoms with Crippen LogP contribution < -0.4 is 5.32 Å². The molecular formula is C17H22N2OS. The average Bonchev–Trinajstić information content (AvgIpc) is 2.88. The van der Waals surface area contributed by atoms with Crippen molar-refractivity contribution in [3.63, 3.8) is 0 Å². The molecule has 0 radical (unpaired) electrons. The lowest BCUT2D eigenvalue weighted by molar-refractivity contribution is -0.116. The quantitative estimate of drug-likeness (QED) is 0.914. The summed E-state index contributed by atoms with van der Waals surface area (Å²) >= 11 is 1.64. The molecule has 0 unspecified atom stereocenters. The first-order valence-electron chi connectivity index (χ1n) is 7.16. The van der Waals surface area contributed by atoms with Crippen LogP contribution in [0.2, 0.25) is 0 Å². The van der Waals surface area contributed by atoms with Gasteiger partial charge in [0.1, 0.15) is 0 Å². The normalized spacial score (nSPS) is 11.4. The predicted octanol–water partition coefficient (Wildman–Crippen LogP) is 4.32. The number of hydrogen-bond acceptors (Lipinski definition) is 3. The van der Waals surface area contributed by atoms with Crippen molar-refractivity contribution < 1.29 is 4.79 Å². The molecule has 0 atom stereocenters. The molecule has 0 aliphatic rings. The van der Waals surface area contributed by atoms with Crippen molar-refractivity contribution in [1.29, 1.82) is 0 Å². The summed E-state index contributed by atoms with van der Waals surface area (Å²) < 4.78 is 0. The zero-order valence-electron chi connectivity index (χ0n) is 13.1. The number of amides is 1. The van der Waals surface area contributed by atoms with E-state index in [9.17, 15) is 4.79 Å². The van der Waals surface area contributed by atoms with E-state index in [0.717, 1.165) is 16.4 Å². The standard InChI is InChI=1S/C17H22N2OS/c1-12-5-7-13(8-6-12)18-15(20)9-10-16-19-14(11-21-16)17(2,3)4/h5-8,11H,9-10H2,1-4H3,(H,18,20). The fourth-order valence-electron chi connectivity index (χ4n) is 1.85. The van der Waals surface area contributed by atoms with Crippen LogP contribution in [-0.4, -0.2) is 10.9 Å². The van der Waals surface area contributed by atoms with Gasteiger partial charge in [0, 0.05) is 29.3 Å². The number of anilines is 1. The molecule has 2 aromatic rings. The Balaban J connectivity index is 1.86. The minimum atomic E-state index is 0.0337. The van der Waals surface area contributed by atoms with E-state index in [1.54, 1.807) is 11.3 Å². The topological polar surface area (TPSA) is 42.0 Å². The Kier molecular flexibility index (Phi) is 4.78. The summed E-state index contributed by atoms with van der Waals surface area (Å²) in [6.07, 6.45) is 1.16. The Morgan fingerprint density at radius 2 is 1.90 bits per heavy atom. The number of nitrogens with one attached hydrogen (secondary N) is 1. The number of aromatic nitrogens is 1. The minimum Gasteiger partial charge on any atom is -0.326 e. The first-order chi connectivity index (χ1) is 9.84. The second-order valence-corrected chi connectivity index (χ2v) is 7.23.